The predicted molar refractivity (Wildman–Crippen MR) is 97.1 cm³/mol. The lowest BCUT2D eigenvalue weighted by molar-refractivity contribution is -0.121. The quantitative estimate of drug-likeness (QED) is 0.671. The van der Waals surface area contributed by atoms with Crippen LogP contribution in [0.4, 0.5) is 5.69 Å². The molecule has 1 unspecified atom stereocenters. The van der Waals surface area contributed by atoms with Crippen molar-refractivity contribution in [2.75, 3.05) is 23.7 Å². The fraction of sp³-hybridized carbons (Fsp3) is 0.529. The van der Waals surface area contributed by atoms with Crippen molar-refractivity contribution >= 4 is 27.6 Å². The van der Waals surface area contributed by atoms with Crippen LogP contribution in [0.5, 0.6) is 0 Å². The third kappa shape index (κ3) is 6.38. The first-order valence-corrected chi connectivity index (χ1v) is 10.1. The minimum absolute atomic E-state index is 0.00539. The Kier molecular flexibility index (Phi) is 7.89. The smallest absolute Gasteiger partial charge is 0.340 e. The van der Waals surface area contributed by atoms with E-state index in [1.807, 2.05) is 13.8 Å². The fourth-order valence-corrected chi connectivity index (χ4v) is 3.13. The number of amides is 1. The Labute approximate surface area is 149 Å². The van der Waals surface area contributed by atoms with Crippen molar-refractivity contribution < 1.29 is 22.7 Å². The molecule has 1 atom stereocenters. The van der Waals surface area contributed by atoms with E-state index < -0.39 is 16.0 Å². The van der Waals surface area contributed by atoms with E-state index >= 15 is 0 Å². The SMILES string of the molecule is CCOC(=O)c1ccccc1N(CCC(=O)NC(C)CC)S(C)(=O)=O. The summed E-state index contributed by atoms with van der Waals surface area (Å²) in [5, 5.41) is 2.79. The number of esters is 1. The number of nitrogens with one attached hydrogen (secondary N) is 1. The first-order chi connectivity index (χ1) is 11.7. The Morgan fingerprint density at radius 3 is 2.44 bits per heavy atom. The molecule has 7 nitrogen and oxygen atoms in total. The van der Waals surface area contributed by atoms with Crippen molar-refractivity contribution in [2.45, 2.75) is 39.7 Å². The van der Waals surface area contributed by atoms with E-state index in [2.05, 4.69) is 5.32 Å². The predicted octanol–water partition coefficient (Wildman–Crippen LogP) is 1.93. The highest BCUT2D eigenvalue weighted by molar-refractivity contribution is 7.92. The largest absolute Gasteiger partial charge is 0.462 e. The average molecular weight is 370 g/mol. The molecule has 0 bridgehead atoms. The second-order valence-corrected chi connectivity index (χ2v) is 7.61. The number of hydrogen-bond acceptors (Lipinski definition) is 5. The lowest BCUT2D eigenvalue weighted by atomic mass is 10.1. The Hall–Kier alpha value is -2.09. The number of carbonyl (C=O) groups is 2. The molecular weight excluding hydrogens is 344 g/mol. The van der Waals surface area contributed by atoms with Gasteiger partial charge in [-0.15, -0.1) is 0 Å². The molecule has 0 heterocycles. The number of rotatable bonds is 9. The number of anilines is 1. The lowest BCUT2D eigenvalue weighted by Gasteiger charge is -2.24. The van der Waals surface area contributed by atoms with E-state index in [0.29, 0.717) is 0 Å². The molecule has 1 aromatic rings. The normalized spacial score (nSPS) is 12.3. The molecule has 1 aromatic carbocycles. The molecule has 8 heteroatoms. The average Bonchev–Trinajstić information content (AvgIpc) is 2.54. The first kappa shape index (κ1) is 21.0. The Morgan fingerprint density at radius 2 is 1.88 bits per heavy atom. The van der Waals surface area contributed by atoms with Crippen LogP contribution in [-0.2, 0) is 19.6 Å². The van der Waals surface area contributed by atoms with E-state index in [-0.39, 0.29) is 42.8 Å². The molecule has 0 saturated carbocycles. The third-order valence-electron chi connectivity index (χ3n) is 3.63. The van der Waals surface area contributed by atoms with Crippen molar-refractivity contribution in [3.05, 3.63) is 29.8 Å². The summed E-state index contributed by atoms with van der Waals surface area (Å²) >= 11 is 0. The van der Waals surface area contributed by atoms with E-state index in [9.17, 15) is 18.0 Å². The number of ether oxygens (including phenoxy) is 1. The van der Waals surface area contributed by atoms with Gasteiger partial charge in [0.1, 0.15) is 0 Å². The molecule has 0 aliphatic rings. The van der Waals surface area contributed by atoms with Crippen LogP contribution in [0.2, 0.25) is 0 Å². The number of para-hydroxylation sites is 1. The molecule has 0 fully saturated rings. The van der Waals surface area contributed by atoms with E-state index in [1.54, 1.807) is 19.1 Å². The zero-order chi connectivity index (χ0) is 19.0. The van der Waals surface area contributed by atoms with Crippen molar-refractivity contribution in [3.63, 3.8) is 0 Å². The van der Waals surface area contributed by atoms with Crippen LogP contribution >= 0.6 is 0 Å². The molecule has 0 radical (unpaired) electrons. The summed E-state index contributed by atoms with van der Waals surface area (Å²) in [6.45, 7) is 5.63. The van der Waals surface area contributed by atoms with Gasteiger partial charge in [0.2, 0.25) is 15.9 Å². The van der Waals surface area contributed by atoms with Gasteiger partial charge in [-0.25, -0.2) is 13.2 Å². The summed E-state index contributed by atoms with van der Waals surface area (Å²) in [5.41, 5.74) is 0.358. The van der Waals surface area contributed by atoms with Crippen LogP contribution in [0.1, 0.15) is 44.0 Å². The zero-order valence-corrected chi connectivity index (χ0v) is 15.9. The lowest BCUT2D eigenvalue weighted by Crippen LogP contribution is -2.37. The van der Waals surface area contributed by atoms with Gasteiger partial charge in [-0.2, -0.15) is 0 Å². The summed E-state index contributed by atoms with van der Waals surface area (Å²) in [5.74, 6) is -0.840. The molecule has 0 aliphatic heterocycles. The fourth-order valence-electron chi connectivity index (χ4n) is 2.19. The van der Waals surface area contributed by atoms with Crippen LogP contribution in [0.25, 0.3) is 0 Å². The van der Waals surface area contributed by atoms with Gasteiger partial charge in [0.05, 0.1) is 24.1 Å². The first-order valence-electron chi connectivity index (χ1n) is 8.23. The number of benzene rings is 1. The van der Waals surface area contributed by atoms with Gasteiger partial charge in [0, 0.05) is 19.0 Å². The van der Waals surface area contributed by atoms with Gasteiger partial charge in [-0.3, -0.25) is 9.10 Å². The standard InChI is InChI=1S/C17H26N2O5S/c1-5-13(3)18-16(20)11-12-19(25(4,22)23)15-10-8-7-9-14(15)17(21)24-6-2/h7-10,13H,5-6,11-12H2,1-4H3,(H,18,20). The summed E-state index contributed by atoms with van der Waals surface area (Å²) in [6.07, 6.45) is 1.82. The molecule has 1 N–H and O–H groups in total. The second-order valence-electron chi connectivity index (χ2n) is 5.70. The van der Waals surface area contributed by atoms with E-state index in [1.165, 1.54) is 12.1 Å². The highest BCUT2D eigenvalue weighted by Gasteiger charge is 2.24. The second kappa shape index (κ2) is 9.41. The van der Waals surface area contributed by atoms with Gasteiger partial charge in [-0.05, 0) is 32.4 Å². The third-order valence-corrected chi connectivity index (χ3v) is 4.81. The van der Waals surface area contributed by atoms with E-state index in [0.717, 1.165) is 17.0 Å². The van der Waals surface area contributed by atoms with Crippen molar-refractivity contribution in [1.29, 1.82) is 0 Å². The molecule has 1 amide bonds. The molecule has 25 heavy (non-hydrogen) atoms. The van der Waals surface area contributed by atoms with Gasteiger partial charge >= 0.3 is 5.97 Å². The Morgan fingerprint density at radius 1 is 1.24 bits per heavy atom. The zero-order valence-electron chi connectivity index (χ0n) is 15.1. The van der Waals surface area contributed by atoms with Crippen LogP contribution in [-0.4, -0.2) is 45.7 Å². The van der Waals surface area contributed by atoms with Gasteiger partial charge in [0.25, 0.3) is 0 Å². The minimum atomic E-state index is -3.67. The Balaban J connectivity index is 3.06. The summed E-state index contributed by atoms with van der Waals surface area (Å²) in [6, 6.07) is 6.32. The van der Waals surface area contributed by atoms with Crippen molar-refractivity contribution in [3.8, 4) is 0 Å². The summed E-state index contributed by atoms with van der Waals surface area (Å²) in [4.78, 5) is 24.1. The molecule has 0 saturated heterocycles. The van der Waals surface area contributed by atoms with Gasteiger partial charge < -0.3 is 10.1 Å². The molecule has 0 aromatic heterocycles. The van der Waals surface area contributed by atoms with E-state index in [4.69, 9.17) is 4.74 Å². The monoisotopic (exact) mass is 370 g/mol. The highest BCUT2D eigenvalue weighted by Crippen LogP contribution is 2.24. The maximum absolute atomic E-state index is 12.2. The molecule has 0 aliphatic carbocycles. The number of carbonyl (C=O) groups excluding carboxylic acids is 2. The molecule has 0 spiro atoms. The molecule has 140 valence electrons. The molecular formula is C17H26N2O5S. The maximum Gasteiger partial charge on any atom is 0.340 e. The Bertz CT molecular complexity index is 703. The summed E-state index contributed by atoms with van der Waals surface area (Å²) in [7, 11) is -3.67. The molecule has 1 rings (SSSR count). The van der Waals surface area contributed by atoms with Crippen LogP contribution in [0, 0.1) is 0 Å². The van der Waals surface area contributed by atoms with Crippen LogP contribution in [0.15, 0.2) is 24.3 Å². The van der Waals surface area contributed by atoms with Crippen LogP contribution in [0.3, 0.4) is 0 Å². The number of sulfonamides is 1. The maximum atomic E-state index is 12.2. The van der Waals surface area contributed by atoms with Gasteiger partial charge in [-0.1, -0.05) is 19.1 Å². The van der Waals surface area contributed by atoms with Crippen LogP contribution < -0.4 is 9.62 Å². The van der Waals surface area contributed by atoms with Crippen molar-refractivity contribution in [1.82, 2.24) is 5.32 Å². The summed E-state index contributed by atoms with van der Waals surface area (Å²) < 4.78 is 30.4. The topological polar surface area (TPSA) is 92.8 Å². The number of nitrogens with zero attached hydrogens (tertiary/aromatic N) is 1. The highest BCUT2D eigenvalue weighted by atomic mass is 32.2. The minimum Gasteiger partial charge on any atom is -0.462 e. The van der Waals surface area contributed by atoms with Crippen molar-refractivity contribution in [2.24, 2.45) is 0 Å². The van der Waals surface area contributed by atoms with Gasteiger partial charge in [0.15, 0.2) is 0 Å². The number of hydrogen-bond donors (Lipinski definition) is 1.